The van der Waals surface area contributed by atoms with Gasteiger partial charge in [-0.15, -0.1) is 0 Å². The predicted octanol–water partition coefficient (Wildman–Crippen LogP) is 2.32. The summed E-state index contributed by atoms with van der Waals surface area (Å²) in [7, 11) is 1.92. The molecular weight excluding hydrogens is 295 g/mol. The second kappa shape index (κ2) is 7.61. The Hall–Kier alpha value is -1.33. The minimum absolute atomic E-state index is 0.0591. The molecule has 0 radical (unpaired) electrons. The van der Waals surface area contributed by atoms with E-state index in [1.54, 1.807) is 0 Å². The van der Waals surface area contributed by atoms with E-state index in [0.29, 0.717) is 11.7 Å². The average Bonchev–Trinajstić information content (AvgIpc) is 2.47. The van der Waals surface area contributed by atoms with Crippen LogP contribution in [0.15, 0.2) is 18.2 Å². The Kier molecular flexibility index (Phi) is 5.82. The number of likely N-dealkylation sites (tertiary alicyclic amines) is 1. The lowest BCUT2D eigenvalue weighted by Crippen LogP contribution is -2.44. The van der Waals surface area contributed by atoms with Gasteiger partial charge in [-0.05, 0) is 50.6 Å². The lowest BCUT2D eigenvalue weighted by molar-refractivity contribution is -0.135. The molecule has 0 bridgehead atoms. The number of hydrogen-bond donors (Lipinski definition) is 1. The molecule has 1 aliphatic heterocycles. The van der Waals surface area contributed by atoms with Crippen LogP contribution in [0.5, 0.6) is 5.75 Å². The smallest absolute Gasteiger partial charge is 0.260 e. The molecule has 1 aromatic carbocycles. The first kappa shape index (κ1) is 16.0. The van der Waals surface area contributed by atoms with Crippen molar-refractivity contribution in [2.45, 2.75) is 12.8 Å². The number of rotatable bonds is 5. The molecule has 1 fully saturated rings. The highest BCUT2D eigenvalue weighted by atomic mass is 35.5. The van der Waals surface area contributed by atoms with Gasteiger partial charge in [-0.1, -0.05) is 11.6 Å². The molecule has 1 amide bonds. The van der Waals surface area contributed by atoms with Crippen LogP contribution in [-0.2, 0) is 4.79 Å². The van der Waals surface area contributed by atoms with Gasteiger partial charge in [0.1, 0.15) is 11.6 Å². The number of piperidine rings is 1. The van der Waals surface area contributed by atoms with Gasteiger partial charge in [-0.3, -0.25) is 4.79 Å². The minimum Gasteiger partial charge on any atom is -0.482 e. The maximum absolute atomic E-state index is 12.9. The first-order valence-electron chi connectivity index (χ1n) is 7.10. The maximum atomic E-state index is 12.9. The van der Waals surface area contributed by atoms with Crippen molar-refractivity contribution in [2.75, 3.05) is 33.3 Å². The van der Waals surface area contributed by atoms with E-state index in [2.05, 4.69) is 5.32 Å². The number of nitrogens with zero attached hydrogens (tertiary/aromatic N) is 1. The first-order valence-corrected chi connectivity index (χ1v) is 7.48. The van der Waals surface area contributed by atoms with E-state index in [1.807, 2.05) is 11.9 Å². The predicted molar refractivity (Wildman–Crippen MR) is 80.1 cm³/mol. The van der Waals surface area contributed by atoms with Gasteiger partial charge < -0.3 is 15.0 Å². The summed E-state index contributed by atoms with van der Waals surface area (Å²) in [6.07, 6.45) is 2.14. The van der Waals surface area contributed by atoms with E-state index in [0.717, 1.165) is 32.5 Å². The number of nitrogens with one attached hydrogen (secondary N) is 1. The van der Waals surface area contributed by atoms with Crippen LogP contribution in [0.4, 0.5) is 4.39 Å². The maximum Gasteiger partial charge on any atom is 0.260 e. The number of carbonyl (C=O) groups excluding carboxylic acids is 1. The second-order valence-electron chi connectivity index (χ2n) is 5.27. The number of carbonyl (C=O) groups is 1. The standard InChI is InChI=1S/C15H20ClFN2O2/c1-18-8-11-3-2-6-19(9-11)15(20)10-21-14-5-4-12(17)7-13(14)16/h4-5,7,11,18H,2-3,6,8-10H2,1H3. The Morgan fingerprint density at radius 3 is 3.10 bits per heavy atom. The van der Waals surface area contributed by atoms with Gasteiger partial charge in [0.05, 0.1) is 5.02 Å². The van der Waals surface area contributed by atoms with E-state index in [1.165, 1.54) is 18.2 Å². The molecule has 1 aliphatic rings. The highest BCUT2D eigenvalue weighted by Crippen LogP contribution is 2.25. The lowest BCUT2D eigenvalue weighted by Gasteiger charge is -2.32. The summed E-state index contributed by atoms with van der Waals surface area (Å²) in [4.78, 5) is 14.0. The van der Waals surface area contributed by atoms with Crippen LogP contribution < -0.4 is 10.1 Å². The quantitative estimate of drug-likeness (QED) is 0.907. The van der Waals surface area contributed by atoms with E-state index < -0.39 is 5.82 Å². The molecule has 116 valence electrons. The Balaban J connectivity index is 1.86. The fraction of sp³-hybridized carbons (Fsp3) is 0.533. The largest absolute Gasteiger partial charge is 0.482 e. The molecule has 1 heterocycles. The van der Waals surface area contributed by atoms with Crippen LogP contribution in [0.1, 0.15) is 12.8 Å². The molecule has 0 spiro atoms. The van der Waals surface area contributed by atoms with Crippen LogP contribution in [0.25, 0.3) is 0 Å². The van der Waals surface area contributed by atoms with Crippen molar-refractivity contribution >= 4 is 17.5 Å². The summed E-state index contributed by atoms with van der Waals surface area (Å²) in [5, 5.41) is 3.32. The van der Waals surface area contributed by atoms with Gasteiger partial charge in [0.25, 0.3) is 5.91 Å². The summed E-state index contributed by atoms with van der Waals surface area (Å²) in [6.45, 7) is 2.35. The third kappa shape index (κ3) is 4.58. The van der Waals surface area contributed by atoms with Gasteiger partial charge in [-0.25, -0.2) is 4.39 Å². The normalized spacial score (nSPS) is 18.6. The molecule has 1 aromatic rings. The van der Waals surface area contributed by atoms with Crippen molar-refractivity contribution in [1.29, 1.82) is 0 Å². The molecule has 0 aliphatic carbocycles. The van der Waals surface area contributed by atoms with E-state index in [9.17, 15) is 9.18 Å². The third-order valence-corrected chi connectivity index (χ3v) is 3.90. The number of ether oxygens (including phenoxy) is 1. The van der Waals surface area contributed by atoms with Crippen LogP contribution in [0.3, 0.4) is 0 Å². The molecule has 1 saturated heterocycles. The fourth-order valence-corrected chi connectivity index (χ4v) is 2.79. The molecule has 1 atom stereocenters. The Bertz CT molecular complexity index is 497. The van der Waals surface area contributed by atoms with Gasteiger partial charge in [0, 0.05) is 13.1 Å². The van der Waals surface area contributed by atoms with E-state index >= 15 is 0 Å². The summed E-state index contributed by atoms with van der Waals surface area (Å²) >= 11 is 5.86. The first-order chi connectivity index (χ1) is 10.1. The Morgan fingerprint density at radius 1 is 1.57 bits per heavy atom. The van der Waals surface area contributed by atoms with Crippen molar-refractivity contribution in [3.05, 3.63) is 29.0 Å². The number of benzene rings is 1. The molecule has 4 nitrogen and oxygen atoms in total. The number of halogens is 2. The average molecular weight is 315 g/mol. The highest BCUT2D eigenvalue weighted by Gasteiger charge is 2.23. The summed E-state index contributed by atoms with van der Waals surface area (Å²) < 4.78 is 18.3. The number of hydrogen-bond acceptors (Lipinski definition) is 3. The summed E-state index contributed by atoms with van der Waals surface area (Å²) in [6, 6.07) is 3.87. The molecule has 0 saturated carbocycles. The number of amides is 1. The molecule has 21 heavy (non-hydrogen) atoms. The summed E-state index contributed by atoms with van der Waals surface area (Å²) in [5.74, 6) is 0.332. The van der Waals surface area contributed by atoms with Crippen molar-refractivity contribution in [3.8, 4) is 5.75 Å². The van der Waals surface area contributed by atoms with Crippen molar-refractivity contribution < 1.29 is 13.9 Å². The molecule has 0 aromatic heterocycles. The zero-order valence-electron chi connectivity index (χ0n) is 12.1. The van der Waals surface area contributed by atoms with Crippen LogP contribution in [-0.4, -0.2) is 44.1 Å². The van der Waals surface area contributed by atoms with E-state index in [-0.39, 0.29) is 17.5 Å². The van der Waals surface area contributed by atoms with Crippen LogP contribution in [0, 0.1) is 11.7 Å². The zero-order valence-corrected chi connectivity index (χ0v) is 12.8. The van der Waals surface area contributed by atoms with Crippen molar-refractivity contribution in [3.63, 3.8) is 0 Å². The van der Waals surface area contributed by atoms with Gasteiger partial charge in [0.15, 0.2) is 6.61 Å². The molecular formula is C15H20ClFN2O2. The molecule has 2 rings (SSSR count). The lowest BCUT2D eigenvalue weighted by atomic mass is 9.98. The van der Waals surface area contributed by atoms with Crippen LogP contribution in [0.2, 0.25) is 5.02 Å². The van der Waals surface area contributed by atoms with Crippen LogP contribution >= 0.6 is 11.6 Å². The highest BCUT2D eigenvalue weighted by molar-refractivity contribution is 6.32. The topological polar surface area (TPSA) is 41.6 Å². The minimum atomic E-state index is -0.426. The van der Waals surface area contributed by atoms with E-state index in [4.69, 9.17) is 16.3 Å². The van der Waals surface area contributed by atoms with Gasteiger partial charge in [0.2, 0.25) is 0 Å². The monoisotopic (exact) mass is 314 g/mol. The second-order valence-corrected chi connectivity index (χ2v) is 5.68. The fourth-order valence-electron chi connectivity index (χ4n) is 2.57. The SMILES string of the molecule is CNCC1CCCN(C(=O)COc2ccc(F)cc2Cl)C1. The summed E-state index contributed by atoms with van der Waals surface area (Å²) in [5.41, 5.74) is 0. The Labute approximate surface area is 129 Å². The third-order valence-electron chi connectivity index (χ3n) is 3.61. The molecule has 1 unspecified atom stereocenters. The molecule has 1 N–H and O–H groups in total. The molecule has 6 heteroatoms. The van der Waals surface area contributed by atoms with Gasteiger partial charge in [-0.2, -0.15) is 0 Å². The van der Waals surface area contributed by atoms with Gasteiger partial charge >= 0.3 is 0 Å². The van der Waals surface area contributed by atoms with Crippen molar-refractivity contribution in [2.24, 2.45) is 5.92 Å². The zero-order chi connectivity index (χ0) is 15.2. The van der Waals surface area contributed by atoms with Crippen molar-refractivity contribution in [1.82, 2.24) is 10.2 Å². The Morgan fingerprint density at radius 2 is 2.38 bits per heavy atom.